The Balaban J connectivity index is 0.920. The first-order valence-electron chi connectivity index (χ1n) is 31.3. The molecular formula is C70H91N11O11. The largest absolute Gasteiger partial charge is 0.478 e. The lowest BCUT2D eigenvalue weighted by atomic mass is 9.76. The quantitative estimate of drug-likeness (QED) is 0.0178. The molecule has 1 aliphatic heterocycles. The molecule has 22 nitrogen and oxygen atoms in total. The lowest BCUT2D eigenvalue weighted by Gasteiger charge is -2.39. The van der Waals surface area contributed by atoms with Gasteiger partial charge in [-0.3, -0.25) is 28.8 Å². The van der Waals surface area contributed by atoms with Crippen molar-refractivity contribution in [1.82, 2.24) is 41.4 Å². The predicted molar refractivity (Wildman–Crippen MR) is 355 cm³/mol. The number of para-hydroxylation sites is 1. The molecule has 2 aliphatic rings. The minimum atomic E-state index is -1.10. The van der Waals surface area contributed by atoms with E-state index < -0.39 is 82.8 Å². The Morgan fingerprint density at radius 3 is 2.05 bits per heavy atom. The van der Waals surface area contributed by atoms with Crippen molar-refractivity contribution in [1.29, 1.82) is 0 Å². The van der Waals surface area contributed by atoms with Crippen LogP contribution in [0.25, 0.3) is 22.0 Å². The number of rotatable bonds is 27. The number of hydrogen-bond acceptors (Lipinski definition) is 11. The van der Waals surface area contributed by atoms with Gasteiger partial charge in [-0.25, -0.2) is 14.4 Å². The maximum absolute atomic E-state index is 14.4. The van der Waals surface area contributed by atoms with Crippen LogP contribution in [0.4, 0.5) is 21.0 Å². The number of carboxylic acid groups (broad SMARTS) is 1. The number of carboxylic acids is 1. The predicted octanol–water partition coefficient (Wildman–Crippen LogP) is 8.17. The van der Waals surface area contributed by atoms with Crippen LogP contribution in [0.5, 0.6) is 0 Å². The van der Waals surface area contributed by atoms with E-state index in [1.807, 2.05) is 127 Å². The first-order valence-corrected chi connectivity index (χ1v) is 31.3. The Morgan fingerprint density at radius 2 is 1.41 bits per heavy atom. The molecule has 0 spiro atoms. The van der Waals surface area contributed by atoms with Gasteiger partial charge in [0.25, 0.3) is 0 Å². The molecule has 0 saturated carbocycles. The van der Waals surface area contributed by atoms with Crippen LogP contribution in [0.3, 0.4) is 0 Å². The summed E-state index contributed by atoms with van der Waals surface area (Å²) in [7, 11) is 5.22. The van der Waals surface area contributed by atoms with E-state index in [1.165, 1.54) is 23.0 Å². The fourth-order valence-corrected chi connectivity index (χ4v) is 11.8. The number of nitrogens with zero attached hydrogens (tertiary/aromatic N) is 3. The molecule has 1 aliphatic carbocycles. The molecular weight excluding hydrogens is 1170 g/mol. The van der Waals surface area contributed by atoms with Crippen LogP contribution in [0.15, 0.2) is 109 Å². The lowest BCUT2D eigenvalue weighted by Crippen LogP contribution is -2.61. The third-order valence-electron chi connectivity index (χ3n) is 17.2. The molecule has 0 fully saturated rings. The lowest BCUT2D eigenvalue weighted by molar-refractivity contribution is -0.141. The van der Waals surface area contributed by atoms with E-state index in [9.17, 15) is 48.3 Å². The van der Waals surface area contributed by atoms with E-state index >= 15 is 0 Å². The summed E-state index contributed by atoms with van der Waals surface area (Å²) in [5, 5.41) is 30.5. The van der Waals surface area contributed by atoms with Crippen molar-refractivity contribution in [2.45, 2.75) is 157 Å². The molecule has 0 unspecified atom stereocenters. The SMILES string of the molecule is CN[C@H](C(=O)N[C@H](C(=O)N(C)[C@H](/C=C(\C)C(=O)O)C(C)C)C(C)(C)C)C(C)(C)c1cn(C)c2cc(CNC(=O)OCc3ccc(NC(=O)[C@H](CCCNC(N)=O)NC(=O)[C@@H](NC(=O)CCC(=O)N4Cc5ccccc5C5=C(C5)c5ccccc54)C(C)C)cc3)ccc12. The number of urea groups is 1. The van der Waals surface area contributed by atoms with Gasteiger partial charge in [0.1, 0.15) is 24.7 Å². The average molecular weight is 1260 g/mol. The summed E-state index contributed by atoms with van der Waals surface area (Å²) in [4.78, 5) is 124. The summed E-state index contributed by atoms with van der Waals surface area (Å²) in [6.07, 6.45) is 3.79. The van der Waals surface area contributed by atoms with Crippen LogP contribution in [-0.2, 0) is 70.5 Å². The molecule has 92 heavy (non-hydrogen) atoms. The number of aliphatic carboxylic acids is 1. The second kappa shape index (κ2) is 30.2. The number of aromatic nitrogens is 1. The van der Waals surface area contributed by atoms with Crippen molar-refractivity contribution < 1.29 is 53.0 Å². The monoisotopic (exact) mass is 1260 g/mol. The molecule has 1 aromatic heterocycles. The zero-order chi connectivity index (χ0) is 67.5. The smallest absolute Gasteiger partial charge is 0.407 e. The average Bonchev–Trinajstić information content (AvgIpc) is 1.59. The third-order valence-corrected chi connectivity index (χ3v) is 17.2. The van der Waals surface area contributed by atoms with Crippen molar-refractivity contribution in [3.05, 3.63) is 142 Å². The number of hydrogen-bond donors (Lipinski definition) is 9. The first kappa shape index (κ1) is 70.2. The topological polar surface area (TPSA) is 305 Å². The summed E-state index contributed by atoms with van der Waals surface area (Å²) in [5.41, 5.74) is 13.8. The molecule has 492 valence electrons. The minimum Gasteiger partial charge on any atom is -0.478 e. The Bertz CT molecular complexity index is 3650. The van der Waals surface area contributed by atoms with E-state index in [1.54, 1.807) is 63.2 Å². The van der Waals surface area contributed by atoms with Gasteiger partial charge < -0.3 is 67.2 Å². The number of anilines is 2. The Hall–Kier alpha value is -9.31. The molecule has 5 atom stereocenters. The number of fused-ring (bicyclic) bond motifs is 5. The van der Waals surface area contributed by atoms with Gasteiger partial charge in [-0.15, -0.1) is 0 Å². The van der Waals surface area contributed by atoms with Crippen LogP contribution >= 0.6 is 0 Å². The fraction of sp³-hybridized carbons (Fsp3) is 0.443. The van der Waals surface area contributed by atoms with Gasteiger partial charge in [0.05, 0.1) is 24.3 Å². The summed E-state index contributed by atoms with van der Waals surface area (Å²) in [5.74, 6) is -4.24. The van der Waals surface area contributed by atoms with E-state index in [-0.39, 0.29) is 74.6 Å². The highest BCUT2D eigenvalue weighted by atomic mass is 16.5. The number of benzene rings is 4. The van der Waals surface area contributed by atoms with Crippen molar-refractivity contribution in [2.24, 2.45) is 30.0 Å². The molecule has 10 N–H and O–H groups in total. The van der Waals surface area contributed by atoms with E-state index in [4.69, 9.17) is 10.5 Å². The van der Waals surface area contributed by atoms with Crippen LogP contribution in [-0.4, -0.2) is 119 Å². The second-order valence-corrected chi connectivity index (χ2v) is 26.3. The van der Waals surface area contributed by atoms with Gasteiger partial charge in [-0.05, 0) is 114 Å². The molecule has 7 rings (SSSR count). The normalized spacial score (nSPS) is 14.6. The standard InChI is InChI=1S/C70H91N11O11/c1-40(2)55(33-42(5)66(88)89)80(13)65(87)61(69(6,7)8)78-64(86)60(72-11)70(9,10)52-38-79(12)56-34-44(26-29-49(52)56)36-74-68(91)92-39-43-24-27-46(28-25-43)75-62(84)53(22-18-32-73-67(71)90)76-63(85)59(41(3)4)77-57(82)30-31-58(83)81-37-45-19-14-15-20-47(45)50-35-51(50)48-21-16-17-23-54(48)81/h14-17,19-21,23-29,33-34,38,40-41,53,55,59-61,72H,18,22,30-32,35-37,39H2,1-13H3,(H,74,91)(H,75,84)(H,76,85)(H,77,82)(H,78,86)(H,88,89)(H3,71,73,90)/b42-33+/t53-,55+,59-,60+,61+/m0/s1. The van der Waals surface area contributed by atoms with Crippen molar-refractivity contribution >= 4 is 87.0 Å². The Morgan fingerprint density at radius 1 is 0.761 bits per heavy atom. The number of amides is 9. The summed E-state index contributed by atoms with van der Waals surface area (Å²) < 4.78 is 7.51. The summed E-state index contributed by atoms with van der Waals surface area (Å²) in [6, 6.07) is 23.0. The van der Waals surface area contributed by atoms with Crippen LogP contribution in [0, 0.1) is 17.3 Å². The summed E-state index contributed by atoms with van der Waals surface area (Å²) in [6.45, 7) is 18.9. The molecule has 2 heterocycles. The molecule has 0 saturated heterocycles. The van der Waals surface area contributed by atoms with Crippen molar-refractivity contribution in [3.63, 3.8) is 0 Å². The number of likely N-dealkylation sites (N-methyl/N-ethyl adjacent to an activating group) is 2. The number of nitrogens with two attached hydrogens (primary N) is 1. The van der Waals surface area contributed by atoms with Gasteiger partial charge in [0, 0.05) is 79.4 Å². The number of alkyl carbamates (subject to hydrolysis) is 1. The zero-order valence-electron chi connectivity index (χ0n) is 55.2. The highest BCUT2D eigenvalue weighted by Gasteiger charge is 2.43. The molecule has 9 amide bonds. The minimum absolute atomic E-state index is 0.0961. The maximum atomic E-state index is 14.4. The number of carbonyl (C=O) groups excluding carboxylic acids is 8. The molecule has 22 heteroatoms. The number of aryl methyl sites for hydroxylation is 1. The number of nitrogens with one attached hydrogen (secondary N) is 7. The van der Waals surface area contributed by atoms with Crippen LogP contribution in [0.2, 0.25) is 0 Å². The molecule has 0 radical (unpaired) electrons. The summed E-state index contributed by atoms with van der Waals surface area (Å²) >= 11 is 0. The molecule has 5 aromatic rings. The fourth-order valence-electron chi connectivity index (χ4n) is 11.8. The van der Waals surface area contributed by atoms with Crippen molar-refractivity contribution in [2.75, 3.05) is 30.9 Å². The van der Waals surface area contributed by atoms with E-state index in [0.717, 1.165) is 50.8 Å². The number of allylic oxidation sites excluding steroid dienone is 2. The van der Waals surface area contributed by atoms with Gasteiger partial charge in [0.15, 0.2) is 0 Å². The van der Waals surface area contributed by atoms with Crippen molar-refractivity contribution in [3.8, 4) is 0 Å². The first-order chi connectivity index (χ1) is 43.4. The number of carbonyl (C=O) groups is 9. The Labute approximate surface area is 538 Å². The number of primary amides is 1. The van der Waals surface area contributed by atoms with Gasteiger partial charge in [-0.1, -0.05) is 135 Å². The van der Waals surface area contributed by atoms with Gasteiger partial charge >= 0.3 is 18.1 Å². The van der Waals surface area contributed by atoms with Gasteiger partial charge in [-0.2, -0.15) is 0 Å². The third kappa shape index (κ3) is 17.4. The Kier molecular flexibility index (Phi) is 23.0. The van der Waals surface area contributed by atoms with Gasteiger partial charge in [0.2, 0.25) is 35.4 Å². The molecule has 0 bridgehead atoms. The zero-order valence-corrected chi connectivity index (χ0v) is 55.2. The molecule has 4 aromatic carbocycles. The highest BCUT2D eigenvalue weighted by Crippen LogP contribution is 2.52. The number of ether oxygens (including phenoxy) is 1. The van der Waals surface area contributed by atoms with E-state index in [0.29, 0.717) is 17.8 Å². The van der Waals surface area contributed by atoms with E-state index in [2.05, 4.69) is 43.3 Å². The van der Waals surface area contributed by atoms with Crippen LogP contribution < -0.4 is 47.9 Å². The highest BCUT2D eigenvalue weighted by molar-refractivity contribution is 6.13. The second-order valence-electron chi connectivity index (χ2n) is 26.3. The maximum Gasteiger partial charge on any atom is 0.407 e. The van der Waals surface area contributed by atoms with Crippen LogP contribution in [0.1, 0.15) is 135 Å².